The lowest BCUT2D eigenvalue weighted by molar-refractivity contribution is 0.306. The van der Waals surface area contributed by atoms with Crippen molar-refractivity contribution < 1.29 is 17.7 Å². The predicted octanol–water partition coefficient (Wildman–Crippen LogP) is 3.47. The molecule has 0 saturated carbocycles. The van der Waals surface area contributed by atoms with E-state index in [-0.39, 0.29) is 18.1 Å². The summed E-state index contributed by atoms with van der Waals surface area (Å²) in [5.74, 6) is 0. The number of aliphatic hydroxyl groups excluding tert-OH is 1. The second-order valence-corrected chi connectivity index (χ2v) is 7.19. The van der Waals surface area contributed by atoms with Crippen molar-refractivity contribution in [3.05, 3.63) is 30.3 Å². The van der Waals surface area contributed by atoms with Gasteiger partial charge in [-0.3, -0.25) is 4.18 Å². The molecule has 0 aromatic heterocycles. The van der Waals surface area contributed by atoms with Crippen LogP contribution in [-0.4, -0.2) is 33.3 Å². The summed E-state index contributed by atoms with van der Waals surface area (Å²) in [5.41, 5.74) is 4.78. The van der Waals surface area contributed by atoms with Crippen LogP contribution in [0.3, 0.4) is 0 Å². The van der Waals surface area contributed by atoms with Crippen LogP contribution in [-0.2, 0) is 14.3 Å². The van der Waals surface area contributed by atoms with E-state index in [0.717, 1.165) is 12.8 Å². The minimum absolute atomic E-state index is 0.0972. The van der Waals surface area contributed by atoms with Gasteiger partial charge in [0, 0.05) is 6.54 Å². The smallest absolute Gasteiger partial charge is 0.296 e. The van der Waals surface area contributed by atoms with Gasteiger partial charge in [-0.15, -0.1) is 0 Å². The van der Waals surface area contributed by atoms with E-state index in [4.69, 9.17) is 15.0 Å². The topological polar surface area (TPSA) is 89.6 Å². The number of benzene rings is 1. The normalized spacial score (nSPS) is 11.0. The molecule has 0 bridgehead atoms. The quantitative estimate of drug-likeness (QED) is 0.440. The second kappa shape index (κ2) is 15.6. The molecule has 3 N–H and O–H groups in total. The summed E-state index contributed by atoms with van der Waals surface area (Å²) in [6.45, 7) is 2.97. The average molecular weight is 360 g/mol. The molecular formula is C18H33NO4S. The predicted molar refractivity (Wildman–Crippen MR) is 98.3 cm³/mol. The maximum absolute atomic E-state index is 11.8. The zero-order valence-electron chi connectivity index (χ0n) is 14.8. The Labute approximate surface area is 147 Å². The van der Waals surface area contributed by atoms with E-state index in [0.29, 0.717) is 6.54 Å². The van der Waals surface area contributed by atoms with Crippen molar-refractivity contribution in [2.75, 3.05) is 19.8 Å². The number of rotatable bonds is 12. The lowest BCUT2D eigenvalue weighted by atomic mass is 10.1. The fourth-order valence-corrected chi connectivity index (χ4v) is 3.02. The van der Waals surface area contributed by atoms with E-state index < -0.39 is 10.1 Å². The molecule has 0 heterocycles. The first-order valence-electron chi connectivity index (χ1n) is 8.84. The maximum atomic E-state index is 11.8. The Morgan fingerprint density at radius 1 is 0.958 bits per heavy atom. The SMILES string of the molecule is CCCCCCCCCCOS(=O)(=O)c1ccccc1.NCCO. The van der Waals surface area contributed by atoms with Crippen molar-refractivity contribution in [1.82, 2.24) is 0 Å². The molecule has 6 heteroatoms. The fourth-order valence-electron chi connectivity index (χ4n) is 2.06. The number of hydrogen-bond donors (Lipinski definition) is 2. The van der Waals surface area contributed by atoms with Crippen molar-refractivity contribution in [1.29, 1.82) is 0 Å². The van der Waals surface area contributed by atoms with Crippen molar-refractivity contribution in [3.63, 3.8) is 0 Å². The van der Waals surface area contributed by atoms with Gasteiger partial charge in [0.1, 0.15) is 0 Å². The number of hydrogen-bond acceptors (Lipinski definition) is 5. The molecular weight excluding hydrogens is 326 g/mol. The largest absolute Gasteiger partial charge is 0.395 e. The van der Waals surface area contributed by atoms with E-state index in [2.05, 4.69) is 6.92 Å². The molecule has 1 aromatic rings. The van der Waals surface area contributed by atoms with Gasteiger partial charge >= 0.3 is 0 Å². The summed E-state index contributed by atoms with van der Waals surface area (Å²) in [5, 5.41) is 7.75. The summed E-state index contributed by atoms with van der Waals surface area (Å²) in [7, 11) is -3.57. The number of unbranched alkanes of at least 4 members (excludes halogenated alkanes) is 7. The highest BCUT2D eigenvalue weighted by Gasteiger charge is 2.13. The van der Waals surface area contributed by atoms with Crippen LogP contribution < -0.4 is 5.73 Å². The molecule has 0 aliphatic carbocycles. The van der Waals surface area contributed by atoms with Crippen LogP contribution in [0.5, 0.6) is 0 Å². The third-order valence-corrected chi connectivity index (χ3v) is 4.72. The Morgan fingerprint density at radius 2 is 1.46 bits per heavy atom. The monoisotopic (exact) mass is 359 g/mol. The average Bonchev–Trinajstić information content (AvgIpc) is 2.61. The lowest BCUT2D eigenvalue weighted by Crippen LogP contribution is -2.07. The van der Waals surface area contributed by atoms with Crippen LogP contribution >= 0.6 is 0 Å². The molecule has 0 fully saturated rings. The molecule has 0 aliphatic rings. The third-order valence-electron chi connectivity index (χ3n) is 3.40. The Hall–Kier alpha value is -0.950. The first kappa shape index (κ1) is 23.1. The van der Waals surface area contributed by atoms with Crippen molar-refractivity contribution in [2.24, 2.45) is 5.73 Å². The lowest BCUT2D eigenvalue weighted by Gasteiger charge is -2.05. The first-order chi connectivity index (χ1) is 11.6. The van der Waals surface area contributed by atoms with E-state index >= 15 is 0 Å². The Balaban J connectivity index is 0.00000118. The van der Waals surface area contributed by atoms with Crippen LogP contribution in [0.15, 0.2) is 35.2 Å². The van der Waals surface area contributed by atoms with Gasteiger partial charge in [0.15, 0.2) is 0 Å². The summed E-state index contributed by atoms with van der Waals surface area (Å²) in [6, 6.07) is 8.31. The first-order valence-corrected chi connectivity index (χ1v) is 10.2. The zero-order valence-corrected chi connectivity index (χ0v) is 15.6. The molecule has 140 valence electrons. The van der Waals surface area contributed by atoms with Crippen LogP contribution in [0.4, 0.5) is 0 Å². The third kappa shape index (κ3) is 12.5. The van der Waals surface area contributed by atoms with Gasteiger partial charge in [-0.1, -0.05) is 70.1 Å². The fraction of sp³-hybridized carbons (Fsp3) is 0.667. The zero-order chi connectivity index (χ0) is 18.1. The molecule has 24 heavy (non-hydrogen) atoms. The van der Waals surface area contributed by atoms with E-state index in [1.54, 1.807) is 30.3 Å². The number of aliphatic hydroxyl groups is 1. The standard InChI is InChI=1S/C16H26O3S.C2H7NO/c1-2-3-4-5-6-7-8-12-15-19-20(17,18)16-13-10-9-11-14-16;3-1-2-4/h9-11,13-14H,2-8,12,15H2,1H3;4H,1-3H2. The highest BCUT2D eigenvalue weighted by atomic mass is 32.2. The van der Waals surface area contributed by atoms with E-state index in [1.165, 1.54) is 38.5 Å². The molecule has 1 aromatic carbocycles. The maximum Gasteiger partial charge on any atom is 0.296 e. The summed E-state index contributed by atoms with van der Waals surface area (Å²) in [6.07, 6.45) is 9.44. The van der Waals surface area contributed by atoms with Gasteiger partial charge < -0.3 is 10.8 Å². The molecule has 0 saturated heterocycles. The summed E-state index contributed by atoms with van der Waals surface area (Å²) >= 11 is 0. The highest BCUT2D eigenvalue weighted by Crippen LogP contribution is 2.13. The Kier molecular flexibility index (Phi) is 15.0. The summed E-state index contributed by atoms with van der Waals surface area (Å²) < 4.78 is 28.7. The molecule has 5 nitrogen and oxygen atoms in total. The molecule has 0 atom stereocenters. The Bertz CT molecular complexity index is 475. The molecule has 0 spiro atoms. The van der Waals surface area contributed by atoms with E-state index in [9.17, 15) is 8.42 Å². The number of nitrogens with two attached hydrogens (primary N) is 1. The van der Waals surface area contributed by atoms with E-state index in [1.807, 2.05) is 0 Å². The van der Waals surface area contributed by atoms with Gasteiger partial charge in [0.05, 0.1) is 18.1 Å². The molecule has 0 unspecified atom stereocenters. The minimum atomic E-state index is -3.57. The van der Waals surface area contributed by atoms with Crippen molar-refractivity contribution in [2.45, 2.75) is 63.2 Å². The minimum Gasteiger partial charge on any atom is -0.395 e. The second-order valence-electron chi connectivity index (χ2n) is 5.58. The van der Waals surface area contributed by atoms with Gasteiger partial charge in [0.25, 0.3) is 10.1 Å². The van der Waals surface area contributed by atoms with Gasteiger partial charge in [-0.2, -0.15) is 8.42 Å². The molecule has 0 radical (unpaired) electrons. The molecule has 0 aliphatic heterocycles. The molecule has 0 amide bonds. The van der Waals surface area contributed by atoms with Gasteiger partial charge in [0.2, 0.25) is 0 Å². The summed E-state index contributed by atoms with van der Waals surface area (Å²) in [4.78, 5) is 0.236. The van der Waals surface area contributed by atoms with Crippen molar-refractivity contribution in [3.8, 4) is 0 Å². The van der Waals surface area contributed by atoms with Crippen LogP contribution in [0.1, 0.15) is 58.3 Å². The Morgan fingerprint density at radius 3 is 1.96 bits per heavy atom. The molecule has 1 rings (SSSR count). The van der Waals surface area contributed by atoms with Crippen LogP contribution in [0.25, 0.3) is 0 Å². The highest BCUT2D eigenvalue weighted by molar-refractivity contribution is 7.86. The van der Waals surface area contributed by atoms with Crippen molar-refractivity contribution >= 4 is 10.1 Å². The van der Waals surface area contributed by atoms with Gasteiger partial charge in [-0.05, 0) is 18.6 Å². The van der Waals surface area contributed by atoms with Crippen LogP contribution in [0.2, 0.25) is 0 Å². The van der Waals surface area contributed by atoms with Crippen LogP contribution in [0, 0.1) is 0 Å². The van der Waals surface area contributed by atoms with Gasteiger partial charge in [-0.25, -0.2) is 0 Å².